The summed E-state index contributed by atoms with van der Waals surface area (Å²) in [6.45, 7) is 1.04. The van der Waals surface area contributed by atoms with Gasteiger partial charge in [-0.25, -0.2) is 5.43 Å². The summed E-state index contributed by atoms with van der Waals surface area (Å²) in [6.07, 6.45) is 1.87. The molecule has 0 saturated carbocycles. The maximum Gasteiger partial charge on any atom is 0.323 e. The molecule has 0 bridgehead atoms. The van der Waals surface area contributed by atoms with E-state index in [0.717, 1.165) is 5.70 Å². The smallest absolute Gasteiger partial charge is 0.323 e. The van der Waals surface area contributed by atoms with Crippen molar-refractivity contribution >= 4 is 5.97 Å². The van der Waals surface area contributed by atoms with E-state index < -0.39 is 12.0 Å². The van der Waals surface area contributed by atoms with Crippen molar-refractivity contribution in [2.24, 2.45) is 5.92 Å². The molecule has 2 unspecified atom stereocenters. The average Bonchev–Trinajstić information content (AvgIpc) is 2.47. The molecule has 2 aliphatic heterocycles. The Bertz CT molecular complexity index is 239. The lowest BCUT2D eigenvalue weighted by Gasteiger charge is -2.18. The van der Waals surface area contributed by atoms with Crippen LogP contribution in [0.1, 0.15) is 0 Å². The van der Waals surface area contributed by atoms with Crippen molar-refractivity contribution in [3.8, 4) is 0 Å². The lowest BCUT2D eigenvalue weighted by molar-refractivity contribution is -0.140. The third-order valence-corrected chi connectivity index (χ3v) is 2.16. The third kappa shape index (κ3) is 1.07. The van der Waals surface area contributed by atoms with Crippen LogP contribution in [-0.4, -0.2) is 30.3 Å². The minimum Gasteiger partial charge on any atom is -0.480 e. The van der Waals surface area contributed by atoms with Crippen molar-refractivity contribution < 1.29 is 14.6 Å². The molecule has 3 N–H and O–H groups in total. The molecule has 1 saturated heterocycles. The standard InChI is InChI=1S/C7H10N2O3/c10-7(11)6-4-3-12-2-1-5(4)8-9-6/h1,4,6,8-9H,2-3H2,(H,10,11). The number of hydrazine groups is 1. The highest BCUT2D eigenvalue weighted by Gasteiger charge is 2.37. The second kappa shape index (κ2) is 2.76. The van der Waals surface area contributed by atoms with Crippen molar-refractivity contribution in [1.82, 2.24) is 10.9 Å². The van der Waals surface area contributed by atoms with Crippen LogP contribution < -0.4 is 10.9 Å². The van der Waals surface area contributed by atoms with Crippen molar-refractivity contribution in [2.45, 2.75) is 6.04 Å². The number of aliphatic carboxylic acids is 1. The molecule has 2 aliphatic rings. The van der Waals surface area contributed by atoms with Crippen molar-refractivity contribution in [1.29, 1.82) is 0 Å². The number of carboxylic acid groups (broad SMARTS) is 1. The normalized spacial score (nSPS) is 33.5. The Kier molecular flexibility index (Phi) is 1.74. The maximum atomic E-state index is 10.7. The Hall–Kier alpha value is -1.07. The second-order valence-electron chi connectivity index (χ2n) is 2.89. The number of rotatable bonds is 1. The summed E-state index contributed by atoms with van der Waals surface area (Å²) >= 11 is 0. The van der Waals surface area contributed by atoms with Crippen LogP contribution in [0.15, 0.2) is 11.8 Å². The molecule has 2 rings (SSSR count). The molecule has 0 aromatic heterocycles. The number of nitrogens with one attached hydrogen (secondary N) is 2. The number of hydrogen-bond donors (Lipinski definition) is 3. The van der Waals surface area contributed by atoms with Crippen LogP contribution in [0, 0.1) is 5.92 Å². The van der Waals surface area contributed by atoms with E-state index in [1.165, 1.54) is 0 Å². The van der Waals surface area contributed by atoms with Crippen LogP contribution in [0.2, 0.25) is 0 Å². The van der Waals surface area contributed by atoms with Gasteiger partial charge in [0.2, 0.25) is 0 Å². The molecular formula is C7H10N2O3. The molecule has 2 atom stereocenters. The Labute approximate surface area is 69.4 Å². The molecule has 0 radical (unpaired) electrons. The minimum absolute atomic E-state index is 0.0590. The number of fused-ring (bicyclic) bond motifs is 1. The first-order chi connectivity index (χ1) is 5.79. The highest BCUT2D eigenvalue weighted by atomic mass is 16.5. The van der Waals surface area contributed by atoms with Gasteiger partial charge in [0.15, 0.2) is 0 Å². The van der Waals surface area contributed by atoms with E-state index >= 15 is 0 Å². The Morgan fingerprint density at radius 1 is 1.75 bits per heavy atom. The predicted molar refractivity (Wildman–Crippen MR) is 40.1 cm³/mol. The fraction of sp³-hybridized carbons (Fsp3) is 0.571. The fourth-order valence-corrected chi connectivity index (χ4v) is 1.50. The molecule has 2 heterocycles. The zero-order valence-electron chi connectivity index (χ0n) is 6.41. The highest BCUT2D eigenvalue weighted by molar-refractivity contribution is 5.75. The summed E-state index contributed by atoms with van der Waals surface area (Å²) in [5.74, 6) is -0.905. The summed E-state index contributed by atoms with van der Waals surface area (Å²) in [7, 11) is 0. The van der Waals surface area contributed by atoms with Gasteiger partial charge in [-0.15, -0.1) is 0 Å². The molecule has 0 amide bonds. The van der Waals surface area contributed by atoms with Gasteiger partial charge in [0.25, 0.3) is 0 Å². The SMILES string of the molecule is O=C(O)C1NNC2=CCOCC21. The van der Waals surface area contributed by atoms with Crippen LogP contribution in [0.5, 0.6) is 0 Å². The van der Waals surface area contributed by atoms with Crippen LogP contribution >= 0.6 is 0 Å². The van der Waals surface area contributed by atoms with Gasteiger partial charge in [0, 0.05) is 5.70 Å². The topological polar surface area (TPSA) is 70.6 Å². The Morgan fingerprint density at radius 3 is 3.33 bits per heavy atom. The number of ether oxygens (including phenoxy) is 1. The molecule has 1 fully saturated rings. The summed E-state index contributed by atoms with van der Waals surface area (Å²) in [6, 6.07) is -0.559. The van der Waals surface area contributed by atoms with E-state index in [2.05, 4.69) is 10.9 Å². The summed E-state index contributed by atoms with van der Waals surface area (Å²) in [5.41, 5.74) is 6.48. The third-order valence-electron chi connectivity index (χ3n) is 2.16. The molecule has 5 heteroatoms. The van der Waals surface area contributed by atoms with Gasteiger partial charge in [0.1, 0.15) is 6.04 Å². The zero-order valence-corrected chi connectivity index (χ0v) is 6.41. The van der Waals surface area contributed by atoms with E-state index in [1.807, 2.05) is 6.08 Å². The molecule has 0 aromatic carbocycles. The monoisotopic (exact) mass is 170 g/mol. The number of carboxylic acids is 1. The molecule has 0 aliphatic carbocycles. The maximum absolute atomic E-state index is 10.7. The average molecular weight is 170 g/mol. The van der Waals surface area contributed by atoms with E-state index in [9.17, 15) is 4.79 Å². The van der Waals surface area contributed by atoms with Gasteiger partial charge in [-0.05, 0) is 6.08 Å². The zero-order chi connectivity index (χ0) is 8.55. The summed E-state index contributed by atoms with van der Waals surface area (Å²) in [5, 5.41) is 8.77. The van der Waals surface area contributed by atoms with Gasteiger partial charge in [-0.2, -0.15) is 0 Å². The number of hydrogen-bond acceptors (Lipinski definition) is 4. The second-order valence-corrected chi connectivity index (χ2v) is 2.89. The summed E-state index contributed by atoms with van der Waals surface area (Å²) < 4.78 is 5.14. The van der Waals surface area contributed by atoms with Gasteiger partial charge in [-0.1, -0.05) is 0 Å². The van der Waals surface area contributed by atoms with Crippen molar-refractivity contribution in [2.75, 3.05) is 13.2 Å². The van der Waals surface area contributed by atoms with E-state index in [0.29, 0.717) is 13.2 Å². The first-order valence-corrected chi connectivity index (χ1v) is 3.81. The molecule has 12 heavy (non-hydrogen) atoms. The van der Waals surface area contributed by atoms with Crippen molar-refractivity contribution in [3.63, 3.8) is 0 Å². The highest BCUT2D eigenvalue weighted by Crippen LogP contribution is 2.21. The summed E-state index contributed by atoms with van der Waals surface area (Å²) in [4.78, 5) is 10.7. The van der Waals surface area contributed by atoms with Gasteiger partial charge >= 0.3 is 5.97 Å². The van der Waals surface area contributed by atoms with Crippen molar-refractivity contribution in [3.05, 3.63) is 11.8 Å². The van der Waals surface area contributed by atoms with Gasteiger partial charge in [-0.3, -0.25) is 4.79 Å². The van der Waals surface area contributed by atoms with Crippen LogP contribution in [0.25, 0.3) is 0 Å². The molecular weight excluding hydrogens is 160 g/mol. The van der Waals surface area contributed by atoms with E-state index in [1.54, 1.807) is 0 Å². The molecule has 0 spiro atoms. The van der Waals surface area contributed by atoms with Crippen LogP contribution in [0.3, 0.4) is 0 Å². The quantitative estimate of drug-likeness (QED) is 0.474. The van der Waals surface area contributed by atoms with Crippen LogP contribution in [-0.2, 0) is 9.53 Å². The largest absolute Gasteiger partial charge is 0.480 e. The van der Waals surface area contributed by atoms with E-state index in [-0.39, 0.29) is 5.92 Å². The first-order valence-electron chi connectivity index (χ1n) is 3.81. The van der Waals surface area contributed by atoms with Crippen LogP contribution in [0.4, 0.5) is 0 Å². The molecule has 0 aromatic rings. The predicted octanol–water partition coefficient (Wildman–Crippen LogP) is -0.922. The number of carbonyl (C=O) groups is 1. The Morgan fingerprint density at radius 2 is 2.58 bits per heavy atom. The van der Waals surface area contributed by atoms with Gasteiger partial charge in [0.05, 0.1) is 19.1 Å². The van der Waals surface area contributed by atoms with Gasteiger partial charge < -0.3 is 15.3 Å². The lowest BCUT2D eigenvalue weighted by Crippen LogP contribution is -2.39. The Balaban J connectivity index is 2.17. The molecule has 5 nitrogen and oxygen atoms in total. The fourth-order valence-electron chi connectivity index (χ4n) is 1.50. The molecule has 66 valence electrons. The first kappa shape index (κ1) is 7.57. The lowest BCUT2D eigenvalue weighted by atomic mass is 9.98. The van der Waals surface area contributed by atoms with E-state index in [4.69, 9.17) is 9.84 Å². The minimum atomic E-state index is -0.846.